The molecule has 8 nitrogen and oxygen atoms in total. The Morgan fingerprint density at radius 1 is 1.33 bits per heavy atom. The summed E-state index contributed by atoms with van der Waals surface area (Å²) in [5.41, 5.74) is 0. The summed E-state index contributed by atoms with van der Waals surface area (Å²) in [4.78, 5) is 24.5. The molecule has 0 aromatic carbocycles. The van der Waals surface area contributed by atoms with Gasteiger partial charge in [0, 0.05) is 18.9 Å². The minimum atomic E-state index is -0.787. The molecule has 8 heteroatoms. The van der Waals surface area contributed by atoms with E-state index in [9.17, 15) is 9.59 Å². The molecule has 2 N–H and O–H groups in total. The van der Waals surface area contributed by atoms with E-state index >= 15 is 0 Å². The van der Waals surface area contributed by atoms with Gasteiger partial charge in [-0.1, -0.05) is 5.10 Å². The average Bonchev–Trinajstić information content (AvgIpc) is 3.02. The number of rotatable bonds is 6. The fourth-order valence-corrected chi connectivity index (χ4v) is 2.61. The number of anilines is 1. The molecule has 1 aliphatic heterocycles. The molecule has 0 spiro atoms. The Morgan fingerprint density at radius 3 is 2.86 bits per heavy atom. The number of carbonyl (C=O) groups excluding carboxylic acids is 1. The van der Waals surface area contributed by atoms with Gasteiger partial charge in [0.25, 0.3) is 0 Å². The Bertz CT molecular complexity index is 540. The van der Waals surface area contributed by atoms with Crippen LogP contribution in [0.2, 0.25) is 0 Å². The van der Waals surface area contributed by atoms with Crippen molar-refractivity contribution in [2.24, 2.45) is 5.92 Å². The van der Waals surface area contributed by atoms with Crippen LogP contribution in [0.5, 0.6) is 0 Å². The van der Waals surface area contributed by atoms with Crippen molar-refractivity contribution in [3.63, 3.8) is 0 Å². The molecule has 2 fully saturated rings. The minimum Gasteiger partial charge on any atom is -0.481 e. The number of hydrogen-bond acceptors (Lipinski definition) is 6. The van der Waals surface area contributed by atoms with E-state index in [1.165, 1.54) is 0 Å². The molecule has 1 saturated heterocycles. The maximum atomic E-state index is 11.9. The van der Waals surface area contributed by atoms with Crippen LogP contribution < -0.4 is 5.32 Å². The zero-order chi connectivity index (χ0) is 14.8. The molecule has 114 valence electrons. The summed E-state index contributed by atoms with van der Waals surface area (Å²) in [6, 6.07) is 0.142. The lowest BCUT2D eigenvalue weighted by atomic mass is 10.1. The van der Waals surface area contributed by atoms with Crippen molar-refractivity contribution < 1.29 is 19.1 Å². The zero-order valence-electron chi connectivity index (χ0n) is 11.6. The molecule has 2 heterocycles. The minimum absolute atomic E-state index is 0.125. The number of aliphatic carboxylic acids is 1. The van der Waals surface area contributed by atoms with Gasteiger partial charge in [0.2, 0.25) is 11.8 Å². The quantitative estimate of drug-likeness (QED) is 0.794. The van der Waals surface area contributed by atoms with Gasteiger partial charge in [-0.25, -0.2) is 0 Å². The highest BCUT2D eigenvalue weighted by atomic mass is 16.4. The van der Waals surface area contributed by atoms with Crippen molar-refractivity contribution in [1.29, 1.82) is 0 Å². The lowest BCUT2D eigenvalue weighted by molar-refractivity contribution is -0.138. The summed E-state index contributed by atoms with van der Waals surface area (Å²) in [5, 5.41) is 19.1. The molecule has 0 bridgehead atoms. The van der Waals surface area contributed by atoms with Gasteiger partial charge in [-0.2, -0.15) is 0 Å². The fourth-order valence-electron chi connectivity index (χ4n) is 2.61. The summed E-state index contributed by atoms with van der Waals surface area (Å²) >= 11 is 0. The van der Waals surface area contributed by atoms with E-state index in [4.69, 9.17) is 9.52 Å². The summed E-state index contributed by atoms with van der Waals surface area (Å²) < 4.78 is 5.37. The van der Waals surface area contributed by atoms with Crippen LogP contribution in [-0.4, -0.2) is 51.7 Å². The van der Waals surface area contributed by atoms with E-state index in [0.717, 1.165) is 25.8 Å². The molecule has 1 aromatic rings. The lowest BCUT2D eigenvalue weighted by Crippen LogP contribution is -2.31. The van der Waals surface area contributed by atoms with Gasteiger partial charge in [0.15, 0.2) is 0 Å². The number of nitrogens with one attached hydrogen (secondary N) is 1. The molecule has 1 aromatic heterocycles. The van der Waals surface area contributed by atoms with Crippen LogP contribution in [0.4, 0.5) is 6.01 Å². The van der Waals surface area contributed by atoms with Gasteiger partial charge in [-0.05, 0) is 31.7 Å². The SMILES string of the molecule is O=C(O)CC1CCN(CC(=O)Nc2nnc(C3CC3)o2)C1. The third kappa shape index (κ3) is 3.78. The van der Waals surface area contributed by atoms with E-state index in [1.54, 1.807) is 0 Å². The lowest BCUT2D eigenvalue weighted by Gasteiger charge is -2.14. The number of amides is 1. The molecule has 21 heavy (non-hydrogen) atoms. The van der Waals surface area contributed by atoms with Crippen molar-refractivity contribution in [1.82, 2.24) is 15.1 Å². The Morgan fingerprint density at radius 2 is 2.14 bits per heavy atom. The van der Waals surface area contributed by atoms with Crippen LogP contribution in [0, 0.1) is 5.92 Å². The first-order valence-corrected chi connectivity index (χ1v) is 7.17. The Balaban J connectivity index is 1.44. The monoisotopic (exact) mass is 294 g/mol. The highest BCUT2D eigenvalue weighted by Gasteiger charge is 2.30. The summed E-state index contributed by atoms with van der Waals surface area (Å²) in [6.45, 7) is 1.59. The van der Waals surface area contributed by atoms with Crippen LogP contribution in [0.1, 0.15) is 37.5 Å². The Labute approximate surface area is 121 Å². The normalized spacial score (nSPS) is 22.4. The molecule has 2 aliphatic rings. The maximum absolute atomic E-state index is 11.9. The molecular weight excluding hydrogens is 276 g/mol. The number of likely N-dealkylation sites (tertiary alicyclic amines) is 1. The number of aromatic nitrogens is 2. The van der Waals surface area contributed by atoms with Crippen LogP contribution in [0.15, 0.2) is 4.42 Å². The molecule has 0 radical (unpaired) electrons. The molecule has 1 aliphatic carbocycles. The smallest absolute Gasteiger partial charge is 0.322 e. The van der Waals surface area contributed by atoms with Crippen molar-refractivity contribution >= 4 is 17.9 Å². The second-order valence-corrected chi connectivity index (χ2v) is 5.76. The second kappa shape index (κ2) is 5.80. The Hall–Kier alpha value is -1.96. The molecule has 3 rings (SSSR count). The topological polar surface area (TPSA) is 109 Å². The van der Waals surface area contributed by atoms with Crippen LogP contribution in [0.25, 0.3) is 0 Å². The predicted molar refractivity (Wildman–Crippen MR) is 71.7 cm³/mol. The number of nitrogens with zero attached hydrogens (tertiary/aromatic N) is 3. The van der Waals surface area contributed by atoms with Gasteiger partial charge >= 0.3 is 12.0 Å². The van der Waals surface area contributed by atoms with Gasteiger partial charge in [0.1, 0.15) is 0 Å². The first-order valence-electron chi connectivity index (χ1n) is 7.17. The summed E-state index contributed by atoms with van der Waals surface area (Å²) in [7, 11) is 0. The van der Waals surface area contributed by atoms with Crippen LogP contribution in [0.3, 0.4) is 0 Å². The van der Waals surface area contributed by atoms with E-state index < -0.39 is 5.97 Å². The first-order chi connectivity index (χ1) is 10.1. The second-order valence-electron chi connectivity index (χ2n) is 5.76. The molecule has 1 unspecified atom stereocenters. The highest BCUT2D eigenvalue weighted by Crippen LogP contribution is 2.39. The number of hydrogen-bond donors (Lipinski definition) is 2. The standard InChI is InChI=1S/C13H18N4O4/c18-10(7-17-4-3-8(6-17)5-11(19)20)14-13-16-15-12(21-13)9-1-2-9/h8-9H,1-7H2,(H,19,20)(H,14,16,18). The van der Waals surface area contributed by atoms with E-state index in [1.807, 2.05) is 4.90 Å². The van der Waals surface area contributed by atoms with Gasteiger partial charge < -0.3 is 9.52 Å². The largest absolute Gasteiger partial charge is 0.481 e. The van der Waals surface area contributed by atoms with Gasteiger partial charge in [-0.3, -0.25) is 19.8 Å². The molecule has 1 saturated carbocycles. The first kappa shape index (κ1) is 14.0. The van der Waals surface area contributed by atoms with Gasteiger partial charge in [0.05, 0.1) is 6.54 Å². The van der Waals surface area contributed by atoms with E-state index in [-0.39, 0.29) is 30.8 Å². The molecule has 1 atom stereocenters. The van der Waals surface area contributed by atoms with Crippen molar-refractivity contribution in [2.45, 2.75) is 31.6 Å². The van der Waals surface area contributed by atoms with E-state index in [0.29, 0.717) is 18.4 Å². The third-order valence-corrected chi connectivity index (χ3v) is 3.81. The molecular formula is C13H18N4O4. The third-order valence-electron chi connectivity index (χ3n) is 3.81. The number of carboxylic acid groups (broad SMARTS) is 1. The maximum Gasteiger partial charge on any atom is 0.322 e. The number of carboxylic acids is 1. The fraction of sp³-hybridized carbons (Fsp3) is 0.692. The van der Waals surface area contributed by atoms with Crippen molar-refractivity contribution in [3.05, 3.63) is 5.89 Å². The van der Waals surface area contributed by atoms with Crippen LogP contribution in [-0.2, 0) is 9.59 Å². The summed E-state index contributed by atoms with van der Waals surface area (Å²) in [6.07, 6.45) is 3.10. The summed E-state index contributed by atoms with van der Waals surface area (Å²) in [5.74, 6) is 0.0772. The van der Waals surface area contributed by atoms with E-state index in [2.05, 4.69) is 15.5 Å². The van der Waals surface area contributed by atoms with Gasteiger partial charge in [-0.15, -0.1) is 5.10 Å². The Kier molecular flexibility index (Phi) is 3.87. The highest BCUT2D eigenvalue weighted by molar-refractivity contribution is 5.90. The zero-order valence-corrected chi connectivity index (χ0v) is 11.6. The number of carbonyl (C=O) groups is 2. The molecule has 1 amide bonds. The van der Waals surface area contributed by atoms with Crippen molar-refractivity contribution in [3.8, 4) is 0 Å². The van der Waals surface area contributed by atoms with Crippen molar-refractivity contribution in [2.75, 3.05) is 25.0 Å². The predicted octanol–water partition coefficient (Wildman–Crippen LogP) is 0.682. The average molecular weight is 294 g/mol. The van der Waals surface area contributed by atoms with Crippen LogP contribution >= 0.6 is 0 Å².